The molecule has 6 heterocycles. The largest absolute Gasteiger partial charge is 0.418 e. The highest BCUT2D eigenvalue weighted by atomic mass is 79.9. The number of piperidine rings is 2. The number of hydrogen-bond acceptors (Lipinski definition) is 7. The first kappa shape index (κ1) is 34.4. The highest BCUT2D eigenvalue weighted by Gasteiger charge is 2.45. The Labute approximate surface area is 296 Å². The predicted octanol–water partition coefficient (Wildman–Crippen LogP) is 4.62. The van der Waals surface area contributed by atoms with E-state index in [1.807, 2.05) is 16.3 Å². The van der Waals surface area contributed by atoms with Gasteiger partial charge in [0.15, 0.2) is 0 Å². The molecule has 5 aliphatic rings. The summed E-state index contributed by atoms with van der Waals surface area (Å²) >= 11 is 4.65. The summed E-state index contributed by atoms with van der Waals surface area (Å²) in [5.41, 5.74) is 5.65. The third-order valence-electron chi connectivity index (χ3n) is 11.1. The summed E-state index contributed by atoms with van der Waals surface area (Å²) in [6, 6.07) is 4.25. The molecule has 5 aliphatic heterocycles. The number of halogens is 4. The normalized spacial score (nSPS) is 24.7. The molecule has 0 aliphatic carbocycles. The van der Waals surface area contributed by atoms with E-state index in [0.717, 1.165) is 42.6 Å². The van der Waals surface area contributed by atoms with Crippen LogP contribution < -0.4 is 16.4 Å². The van der Waals surface area contributed by atoms with E-state index in [1.165, 1.54) is 23.8 Å². The number of nitrogen functional groups attached to an aromatic ring is 1. The number of carbonyl (C=O) groups is 3. The first-order valence-corrected chi connectivity index (χ1v) is 18.6. The molecule has 11 nitrogen and oxygen atoms in total. The number of anilines is 2. The number of nitrogens with zero attached hydrogens (tertiary/aromatic N) is 5. The topological polar surface area (TPSA) is 117 Å². The van der Waals surface area contributed by atoms with Crippen LogP contribution in [0, 0.1) is 0 Å². The number of amides is 5. The van der Waals surface area contributed by atoms with E-state index in [0.29, 0.717) is 63.7 Å². The van der Waals surface area contributed by atoms with Crippen molar-refractivity contribution >= 4 is 55.9 Å². The number of fused-ring (bicyclic) bond motifs is 3. The van der Waals surface area contributed by atoms with Crippen molar-refractivity contribution in [3.8, 4) is 0 Å². The molecular weight excluding hydrogens is 725 g/mol. The number of rotatable bonds is 6. The highest BCUT2D eigenvalue weighted by molar-refractivity contribution is 9.10. The number of nitrogens with two attached hydrogens (primary N) is 1. The Kier molecular flexibility index (Phi) is 9.52. The van der Waals surface area contributed by atoms with Gasteiger partial charge in [-0.15, -0.1) is 11.3 Å². The Bertz CT molecular complexity index is 1590. The molecule has 1 aromatic heterocycles. The number of likely N-dealkylation sites (N-methyl/N-ethyl adjacent to an activating group) is 1. The van der Waals surface area contributed by atoms with Crippen molar-refractivity contribution in [3.05, 3.63) is 44.7 Å². The number of urea groups is 2. The van der Waals surface area contributed by atoms with Gasteiger partial charge < -0.3 is 30.7 Å². The van der Waals surface area contributed by atoms with E-state index in [9.17, 15) is 27.6 Å². The monoisotopic (exact) mass is 766 g/mol. The van der Waals surface area contributed by atoms with Crippen LogP contribution in [0.2, 0.25) is 0 Å². The van der Waals surface area contributed by atoms with Crippen LogP contribution in [0.5, 0.6) is 0 Å². The Hall–Kier alpha value is -3.08. The van der Waals surface area contributed by atoms with Crippen molar-refractivity contribution in [2.45, 2.75) is 81.5 Å². The lowest BCUT2D eigenvalue weighted by molar-refractivity contribution is -0.137. The number of nitrogens with one attached hydrogen (secondary N) is 2. The minimum atomic E-state index is -4.68. The smallest absolute Gasteiger partial charge is 0.397 e. The molecule has 7 rings (SSSR count). The molecule has 49 heavy (non-hydrogen) atoms. The standard InChI is InChI=1S/C33H42BrF3N8O3S/c1-41-17-24-15-23(41)18-44(24)21-2-7-42(8-3-21)30(46)27(14-19-12-25(33(35,36)37)28(38)26(34)13-19)39-31(47)43-9-4-22(5-10-43)45-16-20-6-11-49-29(20)40-32(45)48/h6,11-13,21-24,27H,2-5,7-10,14-18,38H2,1H3,(H,39,47)(H,40,48)/t23?,24?,27-/m1/s1. The number of hydrogen-bond donors (Lipinski definition) is 3. The van der Waals surface area contributed by atoms with Crippen LogP contribution in [0.15, 0.2) is 28.1 Å². The Morgan fingerprint density at radius 1 is 1.04 bits per heavy atom. The van der Waals surface area contributed by atoms with E-state index in [1.54, 1.807) is 9.80 Å². The summed E-state index contributed by atoms with van der Waals surface area (Å²) < 4.78 is 41.6. The van der Waals surface area contributed by atoms with Gasteiger partial charge >= 0.3 is 18.2 Å². The van der Waals surface area contributed by atoms with Gasteiger partial charge in [-0.3, -0.25) is 15.0 Å². The van der Waals surface area contributed by atoms with Gasteiger partial charge in [0.2, 0.25) is 5.91 Å². The molecule has 5 amide bonds. The van der Waals surface area contributed by atoms with E-state index in [2.05, 4.69) is 43.4 Å². The molecule has 0 radical (unpaired) electrons. The summed E-state index contributed by atoms with van der Waals surface area (Å²) in [6.45, 7) is 4.42. The van der Waals surface area contributed by atoms with Crippen LogP contribution in [0.3, 0.4) is 0 Å². The zero-order chi connectivity index (χ0) is 34.6. The van der Waals surface area contributed by atoms with Gasteiger partial charge in [-0.25, -0.2) is 9.59 Å². The molecule has 266 valence electrons. The average Bonchev–Trinajstić information content (AvgIpc) is 3.80. The Morgan fingerprint density at radius 2 is 1.73 bits per heavy atom. The molecule has 4 fully saturated rings. The van der Waals surface area contributed by atoms with Crippen molar-refractivity contribution < 1.29 is 27.6 Å². The molecule has 0 saturated carbocycles. The Morgan fingerprint density at radius 3 is 2.39 bits per heavy atom. The molecule has 4 N–H and O–H groups in total. The van der Waals surface area contributed by atoms with Crippen molar-refractivity contribution in [1.29, 1.82) is 0 Å². The number of alkyl halides is 3. The summed E-state index contributed by atoms with van der Waals surface area (Å²) in [5.74, 6) is -0.303. The molecule has 4 saturated heterocycles. The number of carbonyl (C=O) groups excluding carboxylic acids is 3. The van der Waals surface area contributed by atoms with E-state index in [4.69, 9.17) is 5.73 Å². The number of thiophene rings is 1. The van der Waals surface area contributed by atoms with Gasteiger partial charge in [0.1, 0.15) is 11.0 Å². The second kappa shape index (κ2) is 13.6. The van der Waals surface area contributed by atoms with Crippen molar-refractivity contribution in [2.24, 2.45) is 0 Å². The second-order valence-corrected chi connectivity index (χ2v) is 15.8. The molecule has 2 bridgehead atoms. The zero-order valence-electron chi connectivity index (χ0n) is 27.3. The second-order valence-electron chi connectivity index (χ2n) is 14.0. The highest BCUT2D eigenvalue weighted by Crippen LogP contribution is 2.39. The fraction of sp³-hybridized carbons (Fsp3) is 0.606. The third-order valence-corrected chi connectivity index (χ3v) is 12.6. The molecule has 1 aromatic carbocycles. The number of piperazine rings is 1. The van der Waals surface area contributed by atoms with Crippen LogP contribution >= 0.6 is 27.3 Å². The quantitative estimate of drug-likeness (QED) is 0.370. The lowest BCUT2D eigenvalue weighted by Gasteiger charge is -2.43. The average molecular weight is 768 g/mol. The molecule has 0 spiro atoms. The lowest BCUT2D eigenvalue weighted by atomic mass is 9.98. The van der Waals surface area contributed by atoms with Crippen LogP contribution in [0.4, 0.5) is 33.4 Å². The van der Waals surface area contributed by atoms with Gasteiger partial charge in [0, 0.05) is 79.9 Å². The van der Waals surface area contributed by atoms with Gasteiger partial charge in [0.25, 0.3) is 0 Å². The lowest BCUT2D eigenvalue weighted by Crippen LogP contribution is -2.58. The number of likely N-dealkylation sites (tertiary alicyclic amines) is 4. The van der Waals surface area contributed by atoms with Crippen LogP contribution in [0.1, 0.15) is 48.8 Å². The van der Waals surface area contributed by atoms with Gasteiger partial charge in [-0.1, -0.05) is 0 Å². The number of benzene rings is 1. The third kappa shape index (κ3) is 6.97. The minimum Gasteiger partial charge on any atom is -0.397 e. The summed E-state index contributed by atoms with van der Waals surface area (Å²) in [4.78, 5) is 50.7. The van der Waals surface area contributed by atoms with Crippen LogP contribution in [0.25, 0.3) is 0 Å². The maximum absolute atomic E-state index is 14.1. The van der Waals surface area contributed by atoms with Crippen molar-refractivity contribution in [1.82, 2.24) is 29.8 Å². The van der Waals surface area contributed by atoms with E-state index < -0.39 is 29.5 Å². The Balaban J connectivity index is 1.02. The SMILES string of the molecule is CN1CC2CC1CN2C1CCN(C(=O)[C@@H](Cc2cc(Br)c(N)c(C(F)(F)F)c2)NC(=O)N2CCC(N3Cc4ccsc4NC3=O)CC2)CC1. The van der Waals surface area contributed by atoms with E-state index in [-0.39, 0.29) is 34.4 Å². The van der Waals surface area contributed by atoms with Crippen LogP contribution in [-0.4, -0.2) is 119 Å². The molecule has 3 atom stereocenters. The van der Waals surface area contributed by atoms with Crippen molar-refractivity contribution in [3.63, 3.8) is 0 Å². The maximum Gasteiger partial charge on any atom is 0.418 e. The van der Waals surface area contributed by atoms with Gasteiger partial charge in [-0.05, 0) is 84.2 Å². The summed E-state index contributed by atoms with van der Waals surface area (Å²) in [6.07, 6.45) is -0.857. The van der Waals surface area contributed by atoms with E-state index >= 15 is 0 Å². The van der Waals surface area contributed by atoms with Crippen LogP contribution in [-0.2, 0) is 23.9 Å². The zero-order valence-corrected chi connectivity index (χ0v) is 29.7. The first-order chi connectivity index (χ1) is 23.4. The van der Waals surface area contributed by atoms with Gasteiger partial charge in [0.05, 0.1) is 17.8 Å². The van der Waals surface area contributed by atoms with Crippen molar-refractivity contribution in [2.75, 3.05) is 57.4 Å². The fourth-order valence-corrected chi connectivity index (χ4v) is 9.66. The summed E-state index contributed by atoms with van der Waals surface area (Å²) in [5, 5.41) is 8.65. The van der Waals surface area contributed by atoms with Gasteiger partial charge in [-0.2, -0.15) is 13.2 Å². The molecular formula is C33H42BrF3N8O3S. The maximum atomic E-state index is 14.1. The first-order valence-electron chi connectivity index (χ1n) is 16.9. The predicted molar refractivity (Wildman–Crippen MR) is 184 cm³/mol. The molecule has 2 aromatic rings. The minimum absolute atomic E-state index is 0.0463. The molecule has 16 heteroatoms. The summed E-state index contributed by atoms with van der Waals surface area (Å²) in [7, 11) is 2.17. The molecule has 2 unspecified atom stereocenters. The fourth-order valence-electron chi connectivity index (χ4n) is 8.35.